The average molecular weight is 356 g/mol. The van der Waals surface area contributed by atoms with Crippen molar-refractivity contribution in [3.8, 4) is 5.75 Å². The predicted molar refractivity (Wildman–Crippen MR) is 84.1 cm³/mol. The first-order valence-electron chi connectivity index (χ1n) is 7.89. The van der Waals surface area contributed by atoms with Crippen molar-refractivity contribution in [3.05, 3.63) is 35.4 Å². The van der Waals surface area contributed by atoms with Gasteiger partial charge in [0.05, 0.1) is 18.8 Å². The smallest absolute Gasteiger partial charge is 0.416 e. The number of ether oxygens (including phenoxy) is 3. The van der Waals surface area contributed by atoms with Gasteiger partial charge in [0.1, 0.15) is 11.4 Å². The molecule has 0 aliphatic carbocycles. The van der Waals surface area contributed by atoms with Crippen LogP contribution in [0.2, 0.25) is 0 Å². The minimum atomic E-state index is -4.46. The van der Waals surface area contributed by atoms with Crippen LogP contribution in [0.5, 0.6) is 5.75 Å². The number of benzene rings is 1. The third-order valence-corrected chi connectivity index (χ3v) is 3.92. The lowest BCUT2D eigenvalue weighted by atomic mass is 9.85. The van der Waals surface area contributed by atoms with Crippen molar-refractivity contribution in [3.63, 3.8) is 0 Å². The summed E-state index contributed by atoms with van der Waals surface area (Å²) in [6.07, 6.45) is -2.75. The molecular formula is C18H19F3O4. The molecule has 0 N–H and O–H groups in total. The molecule has 2 aliphatic heterocycles. The highest BCUT2D eigenvalue weighted by molar-refractivity contribution is 5.93. The van der Waals surface area contributed by atoms with Crippen LogP contribution in [0.15, 0.2) is 24.3 Å². The standard InChI is InChI=1S/C18H19F3O4/c1-16(2,3)25-15(22)6-11-8-17(9-23-10-17)24-14-7-12(18(19,20)21)4-5-13(11)14/h4-7H,8-10H2,1-3H3. The Kier molecular flexibility index (Phi) is 4.10. The third kappa shape index (κ3) is 3.81. The number of hydrogen-bond acceptors (Lipinski definition) is 4. The van der Waals surface area contributed by atoms with Crippen LogP contribution in [0.3, 0.4) is 0 Å². The van der Waals surface area contributed by atoms with Crippen molar-refractivity contribution >= 4 is 11.5 Å². The number of carbonyl (C=O) groups is 1. The molecule has 0 amide bonds. The van der Waals surface area contributed by atoms with Crippen molar-refractivity contribution in [2.24, 2.45) is 0 Å². The molecular weight excluding hydrogens is 337 g/mol. The number of alkyl halides is 3. The molecule has 1 spiro atoms. The fraction of sp³-hybridized carbons (Fsp3) is 0.500. The zero-order valence-corrected chi connectivity index (χ0v) is 14.2. The van der Waals surface area contributed by atoms with Crippen LogP contribution in [0.25, 0.3) is 5.57 Å². The van der Waals surface area contributed by atoms with E-state index in [-0.39, 0.29) is 19.0 Å². The molecule has 2 heterocycles. The van der Waals surface area contributed by atoms with E-state index >= 15 is 0 Å². The lowest BCUT2D eigenvalue weighted by Gasteiger charge is -2.45. The molecule has 1 saturated heterocycles. The second kappa shape index (κ2) is 5.76. The third-order valence-electron chi connectivity index (χ3n) is 3.92. The van der Waals surface area contributed by atoms with E-state index in [1.54, 1.807) is 20.8 Å². The fourth-order valence-corrected chi connectivity index (χ4v) is 2.85. The van der Waals surface area contributed by atoms with Gasteiger partial charge in [0.15, 0.2) is 5.60 Å². The first-order valence-corrected chi connectivity index (χ1v) is 7.89. The lowest BCUT2D eigenvalue weighted by Crippen LogP contribution is -2.55. The van der Waals surface area contributed by atoms with Gasteiger partial charge in [-0.15, -0.1) is 0 Å². The van der Waals surface area contributed by atoms with Crippen LogP contribution >= 0.6 is 0 Å². The molecule has 0 aromatic heterocycles. The SMILES string of the molecule is CC(C)(C)OC(=O)C=C1CC2(COC2)Oc2cc(C(F)(F)F)ccc21. The number of halogens is 3. The number of esters is 1. The van der Waals surface area contributed by atoms with Crippen LogP contribution in [-0.2, 0) is 20.4 Å². The molecule has 0 radical (unpaired) electrons. The molecule has 0 atom stereocenters. The molecule has 1 fully saturated rings. The van der Waals surface area contributed by atoms with Gasteiger partial charge in [-0.25, -0.2) is 4.79 Å². The number of rotatable bonds is 1. The Labute approximate surface area is 143 Å². The van der Waals surface area contributed by atoms with E-state index in [2.05, 4.69) is 0 Å². The average Bonchev–Trinajstić information content (AvgIpc) is 2.41. The highest BCUT2D eigenvalue weighted by atomic mass is 19.4. The molecule has 7 heteroatoms. The maximum atomic E-state index is 13.0. The molecule has 3 rings (SSSR count). The van der Waals surface area contributed by atoms with Gasteiger partial charge in [0.2, 0.25) is 0 Å². The van der Waals surface area contributed by atoms with Gasteiger partial charge in [-0.3, -0.25) is 0 Å². The van der Waals surface area contributed by atoms with Gasteiger partial charge in [-0.2, -0.15) is 13.2 Å². The maximum absolute atomic E-state index is 13.0. The van der Waals surface area contributed by atoms with Crippen LogP contribution in [0.4, 0.5) is 13.2 Å². The van der Waals surface area contributed by atoms with Crippen LogP contribution in [0, 0.1) is 0 Å². The maximum Gasteiger partial charge on any atom is 0.416 e. The normalized spacial score (nSPS) is 20.6. The molecule has 136 valence electrons. The van der Waals surface area contributed by atoms with Crippen molar-refractivity contribution in [2.45, 2.75) is 44.6 Å². The Morgan fingerprint density at radius 3 is 2.44 bits per heavy atom. The van der Waals surface area contributed by atoms with E-state index in [1.165, 1.54) is 12.1 Å². The van der Waals surface area contributed by atoms with Crippen LogP contribution in [-0.4, -0.2) is 30.4 Å². The van der Waals surface area contributed by atoms with Gasteiger partial charge in [-0.05, 0) is 38.5 Å². The largest absolute Gasteiger partial charge is 0.481 e. The van der Waals surface area contributed by atoms with Gasteiger partial charge in [0, 0.05) is 18.1 Å². The van der Waals surface area contributed by atoms with Crippen LogP contribution in [0.1, 0.15) is 38.3 Å². The van der Waals surface area contributed by atoms with Crippen molar-refractivity contribution in [2.75, 3.05) is 13.2 Å². The summed E-state index contributed by atoms with van der Waals surface area (Å²) in [7, 11) is 0. The van der Waals surface area contributed by atoms with E-state index in [4.69, 9.17) is 14.2 Å². The van der Waals surface area contributed by atoms with Crippen molar-refractivity contribution in [1.82, 2.24) is 0 Å². The van der Waals surface area contributed by atoms with Gasteiger partial charge in [-0.1, -0.05) is 6.07 Å². The summed E-state index contributed by atoms with van der Waals surface area (Å²) in [6, 6.07) is 3.29. The lowest BCUT2D eigenvalue weighted by molar-refractivity contribution is -0.161. The molecule has 4 nitrogen and oxygen atoms in total. The molecule has 2 aliphatic rings. The minimum Gasteiger partial charge on any atom is -0.481 e. The van der Waals surface area contributed by atoms with E-state index in [1.807, 2.05) is 0 Å². The second-order valence-electron chi connectivity index (χ2n) is 7.37. The second-order valence-corrected chi connectivity index (χ2v) is 7.37. The number of hydrogen-bond donors (Lipinski definition) is 0. The van der Waals surface area contributed by atoms with E-state index in [0.717, 1.165) is 12.1 Å². The van der Waals surface area contributed by atoms with E-state index in [9.17, 15) is 18.0 Å². The highest BCUT2D eigenvalue weighted by Gasteiger charge is 2.46. The fourth-order valence-electron chi connectivity index (χ4n) is 2.85. The number of fused-ring (bicyclic) bond motifs is 1. The summed E-state index contributed by atoms with van der Waals surface area (Å²) in [5, 5.41) is 0. The Morgan fingerprint density at radius 1 is 1.24 bits per heavy atom. The predicted octanol–water partition coefficient (Wildman–Crippen LogP) is 3.98. The van der Waals surface area contributed by atoms with E-state index < -0.39 is 28.9 Å². The molecule has 0 bridgehead atoms. The zero-order chi connectivity index (χ0) is 18.5. The summed E-state index contributed by atoms with van der Waals surface area (Å²) >= 11 is 0. The summed E-state index contributed by atoms with van der Waals surface area (Å²) in [4.78, 5) is 12.1. The Morgan fingerprint density at radius 2 is 1.92 bits per heavy atom. The van der Waals surface area contributed by atoms with Gasteiger partial charge < -0.3 is 14.2 Å². The van der Waals surface area contributed by atoms with Crippen molar-refractivity contribution < 1.29 is 32.2 Å². The Hall–Kier alpha value is -2.02. The van der Waals surface area contributed by atoms with Gasteiger partial charge in [0.25, 0.3) is 0 Å². The molecule has 0 saturated carbocycles. The Bertz CT molecular complexity index is 725. The quantitative estimate of drug-likeness (QED) is 0.564. The monoisotopic (exact) mass is 356 g/mol. The van der Waals surface area contributed by atoms with Crippen LogP contribution < -0.4 is 4.74 Å². The van der Waals surface area contributed by atoms with E-state index in [0.29, 0.717) is 17.6 Å². The first-order chi connectivity index (χ1) is 11.5. The zero-order valence-electron chi connectivity index (χ0n) is 14.2. The summed E-state index contributed by atoms with van der Waals surface area (Å²) in [5.74, 6) is -0.426. The summed E-state index contributed by atoms with van der Waals surface area (Å²) in [6.45, 7) is 5.79. The Balaban J connectivity index is 1.99. The molecule has 25 heavy (non-hydrogen) atoms. The molecule has 1 aromatic rings. The molecule has 1 aromatic carbocycles. The van der Waals surface area contributed by atoms with Crippen molar-refractivity contribution in [1.29, 1.82) is 0 Å². The summed E-state index contributed by atoms with van der Waals surface area (Å²) < 4.78 is 55.2. The molecule has 0 unspecified atom stereocenters. The highest BCUT2D eigenvalue weighted by Crippen LogP contribution is 2.45. The number of carbonyl (C=O) groups excluding carboxylic acids is 1. The van der Waals surface area contributed by atoms with Gasteiger partial charge >= 0.3 is 12.1 Å². The minimum absolute atomic E-state index is 0.110. The first kappa shape index (κ1) is 17.8. The topological polar surface area (TPSA) is 44.8 Å². The summed E-state index contributed by atoms with van der Waals surface area (Å²) in [5.41, 5.74) is -1.10.